The highest BCUT2D eigenvalue weighted by Crippen LogP contribution is 2.16. The average molecular weight is 429 g/mol. The Labute approximate surface area is 182 Å². The lowest BCUT2D eigenvalue weighted by Crippen LogP contribution is -2.55. The molecule has 8 heteroatoms. The largest absolute Gasteiger partial charge is 0.480 e. The minimum atomic E-state index is -1.17. The van der Waals surface area contributed by atoms with E-state index in [9.17, 15) is 19.5 Å². The van der Waals surface area contributed by atoms with Gasteiger partial charge in [0.15, 0.2) is 0 Å². The molecular formula is C23H32N4O4. The van der Waals surface area contributed by atoms with Crippen molar-refractivity contribution in [3.8, 4) is 0 Å². The predicted octanol–water partition coefficient (Wildman–Crippen LogP) is 1.16. The van der Waals surface area contributed by atoms with E-state index in [0.29, 0.717) is 12.8 Å². The summed E-state index contributed by atoms with van der Waals surface area (Å²) in [5.41, 5.74) is 12.5. The van der Waals surface area contributed by atoms with Gasteiger partial charge in [0.1, 0.15) is 12.1 Å². The Balaban J connectivity index is 2.05. The third-order valence-electron chi connectivity index (χ3n) is 5.02. The molecule has 0 radical (unpaired) electrons. The fourth-order valence-corrected chi connectivity index (χ4v) is 3.39. The second-order valence-corrected chi connectivity index (χ2v) is 8.16. The van der Waals surface area contributed by atoms with E-state index in [2.05, 4.69) is 10.6 Å². The maximum atomic E-state index is 12.7. The number of carbonyl (C=O) groups is 3. The Bertz CT molecular complexity index is 915. The van der Waals surface area contributed by atoms with Crippen molar-refractivity contribution < 1.29 is 19.5 Å². The molecule has 0 saturated heterocycles. The van der Waals surface area contributed by atoms with Gasteiger partial charge < -0.3 is 27.2 Å². The highest BCUT2D eigenvalue weighted by Gasteiger charge is 2.28. The van der Waals surface area contributed by atoms with E-state index in [1.54, 1.807) is 0 Å². The lowest BCUT2D eigenvalue weighted by molar-refractivity contribution is -0.142. The van der Waals surface area contributed by atoms with Crippen LogP contribution >= 0.6 is 0 Å². The van der Waals surface area contributed by atoms with E-state index in [1.807, 2.05) is 56.3 Å². The third-order valence-corrected chi connectivity index (χ3v) is 5.02. The Kier molecular flexibility index (Phi) is 8.96. The molecule has 2 amide bonds. The predicted molar refractivity (Wildman–Crippen MR) is 120 cm³/mol. The zero-order valence-corrected chi connectivity index (χ0v) is 18.0. The minimum Gasteiger partial charge on any atom is -0.480 e. The van der Waals surface area contributed by atoms with Gasteiger partial charge >= 0.3 is 5.97 Å². The third kappa shape index (κ3) is 7.34. The molecule has 0 saturated carbocycles. The van der Waals surface area contributed by atoms with E-state index in [0.717, 1.165) is 16.3 Å². The number of nitrogens with two attached hydrogens (primary N) is 2. The molecule has 0 spiro atoms. The first-order chi connectivity index (χ1) is 14.7. The maximum Gasteiger partial charge on any atom is 0.326 e. The van der Waals surface area contributed by atoms with Gasteiger partial charge in [-0.1, -0.05) is 56.3 Å². The van der Waals surface area contributed by atoms with Crippen molar-refractivity contribution in [2.45, 2.75) is 51.2 Å². The van der Waals surface area contributed by atoms with Crippen molar-refractivity contribution >= 4 is 28.6 Å². The molecule has 3 atom stereocenters. The minimum absolute atomic E-state index is 0.102. The lowest BCUT2D eigenvalue weighted by atomic mass is 9.99. The zero-order valence-electron chi connectivity index (χ0n) is 18.0. The van der Waals surface area contributed by atoms with Crippen LogP contribution in [0.15, 0.2) is 42.5 Å². The number of carboxylic acids is 1. The molecule has 2 aromatic rings. The van der Waals surface area contributed by atoms with E-state index in [4.69, 9.17) is 11.5 Å². The first kappa shape index (κ1) is 24.3. The molecule has 168 valence electrons. The summed E-state index contributed by atoms with van der Waals surface area (Å²) in [4.78, 5) is 36.7. The van der Waals surface area contributed by atoms with Crippen molar-refractivity contribution in [2.75, 3.05) is 6.54 Å². The van der Waals surface area contributed by atoms with Crippen LogP contribution in [0.5, 0.6) is 0 Å². The van der Waals surface area contributed by atoms with Crippen LogP contribution in [-0.4, -0.2) is 47.6 Å². The number of carboxylic acid groups (broad SMARTS) is 1. The van der Waals surface area contributed by atoms with Crippen LogP contribution in [0.4, 0.5) is 0 Å². The van der Waals surface area contributed by atoms with Gasteiger partial charge in [-0.2, -0.15) is 0 Å². The quantitative estimate of drug-likeness (QED) is 0.363. The molecular weight excluding hydrogens is 396 g/mol. The zero-order chi connectivity index (χ0) is 23.0. The van der Waals surface area contributed by atoms with Gasteiger partial charge in [-0.25, -0.2) is 4.79 Å². The summed E-state index contributed by atoms with van der Waals surface area (Å²) in [5, 5.41) is 16.6. The van der Waals surface area contributed by atoms with Gasteiger partial charge in [-0.05, 0) is 48.1 Å². The second kappa shape index (κ2) is 11.4. The summed E-state index contributed by atoms with van der Waals surface area (Å²) >= 11 is 0. The van der Waals surface area contributed by atoms with Crippen molar-refractivity contribution in [2.24, 2.45) is 17.4 Å². The summed E-state index contributed by atoms with van der Waals surface area (Å²) in [5.74, 6) is -2.08. The molecule has 0 aliphatic carbocycles. The number of amides is 2. The van der Waals surface area contributed by atoms with Crippen LogP contribution in [0, 0.1) is 5.92 Å². The number of hydrogen-bond acceptors (Lipinski definition) is 5. The van der Waals surface area contributed by atoms with Crippen LogP contribution in [0.25, 0.3) is 10.8 Å². The number of nitrogens with one attached hydrogen (secondary N) is 2. The fourth-order valence-electron chi connectivity index (χ4n) is 3.39. The molecule has 0 aliphatic heterocycles. The van der Waals surface area contributed by atoms with Gasteiger partial charge in [0.2, 0.25) is 11.8 Å². The number of hydrogen-bond donors (Lipinski definition) is 5. The van der Waals surface area contributed by atoms with E-state index in [1.165, 1.54) is 0 Å². The van der Waals surface area contributed by atoms with Gasteiger partial charge in [0.25, 0.3) is 0 Å². The summed E-state index contributed by atoms with van der Waals surface area (Å²) in [6.45, 7) is 3.95. The Morgan fingerprint density at radius 3 is 2.23 bits per heavy atom. The molecule has 31 heavy (non-hydrogen) atoms. The molecule has 2 aromatic carbocycles. The van der Waals surface area contributed by atoms with E-state index >= 15 is 0 Å². The van der Waals surface area contributed by atoms with Gasteiger partial charge in [-0.3, -0.25) is 9.59 Å². The average Bonchev–Trinajstić information content (AvgIpc) is 2.72. The van der Waals surface area contributed by atoms with Crippen LogP contribution in [0.1, 0.15) is 32.3 Å². The normalized spacial score (nSPS) is 14.1. The lowest BCUT2D eigenvalue weighted by Gasteiger charge is -2.24. The monoisotopic (exact) mass is 428 g/mol. The molecule has 0 bridgehead atoms. The summed E-state index contributed by atoms with van der Waals surface area (Å²) < 4.78 is 0. The first-order valence-electron chi connectivity index (χ1n) is 10.5. The SMILES string of the molecule is CC(C)C[C@H](NC(=O)[C@@H](N)Cc1ccc2ccccc2c1)C(=O)N[C@@H](CCN)C(=O)O. The molecule has 0 unspecified atom stereocenters. The summed E-state index contributed by atoms with van der Waals surface area (Å²) in [7, 11) is 0. The molecule has 2 rings (SSSR count). The number of carbonyl (C=O) groups excluding carboxylic acids is 2. The second-order valence-electron chi connectivity index (χ2n) is 8.16. The Morgan fingerprint density at radius 1 is 0.968 bits per heavy atom. The van der Waals surface area contributed by atoms with Crippen LogP contribution < -0.4 is 22.1 Å². The smallest absolute Gasteiger partial charge is 0.326 e. The van der Waals surface area contributed by atoms with Crippen LogP contribution in [-0.2, 0) is 20.8 Å². The van der Waals surface area contributed by atoms with E-state index in [-0.39, 0.29) is 18.9 Å². The molecule has 0 heterocycles. The molecule has 0 fully saturated rings. The Morgan fingerprint density at radius 2 is 1.61 bits per heavy atom. The van der Waals surface area contributed by atoms with Crippen LogP contribution in [0.3, 0.4) is 0 Å². The summed E-state index contributed by atoms with van der Waals surface area (Å²) in [6.07, 6.45) is 0.776. The standard InChI is InChI=1S/C23H32N4O4/c1-14(2)11-20(22(29)26-19(9-10-24)23(30)31)27-21(28)18(25)13-15-7-8-16-5-3-4-6-17(16)12-15/h3-8,12,14,18-20H,9-11,13,24-25H2,1-2H3,(H,26,29)(H,27,28)(H,30,31)/t18-,19-,20-/m0/s1. The number of rotatable bonds is 11. The highest BCUT2D eigenvalue weighted by molar-refractivity contribution is 5.92. The topological polar surface area (TPSA) is 148 Å². The fraction of sp³-hybridized carbons (Fsp3) is 0.435. The number of benzene rings is 2. The van der Waals surface area contributed by atoms with E-state index < -0.39 is 35.9 Å². The maximum absolute atomic E-state index is 12.7. The van der Waals surface area contributed by atoms with Crippen molar-refractivity contribution in [1.29, 1.82) is 0 Å². The Hall–Kier alpha value is -2.97. The van der Waals surface area contributed by atoms with Gasteiger partial charge in [-0.15, -0.1) is 0 Å². The van der Waals surface area contributed by atoms with Crippen LogP contribution in [0.2, 0.25) is 0 Å². The molecule has 0 aliphatic rings. The summed E-state index contributed by atoms with van der Waals surface area (Å²) in [6, 6.07) is 11.0. The first-order valence-corrected chi connectivity index (χ1v) is 10.5. The van der Waals surface area contributed by atoms with Crippen molar-refractivity contribution in [3.05, 3.63) is 48.0 Å². The van der Waals surface area contributed by atoms with Crippen molar-refractivity contribution in [3.63, 3.8) is 0 Å². The molecule has 0 aromatic heterocycles. The molecule has 7 N–H and O–H groups in total. The van der Waals surface area contributed by atoms with Crippen molar-refractivity contribution in [1.82, 2.24) is 10.6 Å². The van der Waals surface area contributed by atoms with Gasteiger partial charge in [0.05, 0.1) is 6.04 Å². The molecule has 8 nitrogen and oxygen atoms in total. The number of aliphatic carboxylic acids is 1. The highest BCUT2D eigenvalue weighted by atomic mass is 16.4. The van der Waals surface area contributed by atoms with Gasteiger partial charge in [0, 0.05) is 0 Å². The number of fused-ring (bicyclic) bond motifs is 1.